The van der Waals surface area contributed by atoms with Crippen LogP contribution in [-0.4, -0.2) is 34.2 Å². The van der Waals surface area contributed by atoms with Gasteiger partial charge in [-0.1, -0.05) is 6.07 Å². The number of rotatable bonds is 4. The molecule has 156 valence electrons. The molecule has 0 bridgehead atoms. The van der Waals surface area contributed by atoms with Gasteiger partial charge in [0.25, 0.3) is 0 Å². The lowest BCUT2D eigenvalue weighted by molar-refractivity contribution is -0.254. The summed E-state index contributed by atoms with van der Waals surface area (Å²) < 4.78 is 12.0. The smallest absolute Gasteiger partial charge is 0.203 e. The predicted octanol–water partition coefficient (Wildman–Crippen LogP) is 3.03. The first-order chi connectivity index (χ1) is 14.8. The van der Waals surface area contributed by atoms with Crippen LogP contribution < -0.4 is 19.9 Å². The Hall–Kier alpha value is -3.58. The number of anilines is 1. The highest BCUT2D eigenvalue weighted by molar-refractivity contribution is 7.47. The van der Waals surface area contributed by atoms with Crippen molar-refractivity contribution in [2.75, 3.05) is 33.1 Å². The number of aromatic carboxylic acids is 1. The van der Waals surface area contributed by atoms with Crippen LogP contribution in [0.4, 0.5) is 11.4 Å². The van der Waals surface area contributed by atoms with E-state index in [1.165, 1.54) is 6.07 Å². The predicted molar refractivity (Wildman–Crippen MR) is 123 cm³/mol. The number of hydrogen-bond acceptors (Lipinski definition) is 6. The van der Waals surface area contributed by atoms with Crippen LogP contribution in [0, 0.1) is 0 Å². The second-order valence-electron chi connectivity index (χ2n) is 7.74. The highest BCUT2D eigenvalue weighted by atomic mass is 32.1. The van der Waals surface area contributed by atoms with Gasteiger partial charge in [-0.05, 0) is 35.9 Å². The summed E-state index contributed by atoms with van der Waals surface area (Å²) in [6.45, 7) is 0. The van der Waals surface area contributed by atoms with Crippen molar-refractivity contribution in [2.45, 2.75) is 0 Å². The van der Waals surface area contributed by atoms with E-state index >= 15 is 0 Å². The molecule has 31 heavy (non-hydrogen) atoms. The van der Waals surface area contributed by atoms with E-state index in [0.29, 0.717) is 22.6 Å². The van der Waals surface area contributed by atoms with Gasteiger partial charge in [0, 0.05) is 66.4 Å². The van der Waals surface area contributed by atoms with Crippen LogP contribution in [0.3, 0.4) is 0 Å². The Labute approximate surface area is 185 Å². The summed E-state index contributed by atoms with van der Waals surface area (Å²) in [5.41, 5.74) is 4.17. The summed E-state index contributed by atoms with van der Waals surface area (Å²) in [6.07, 6.45) is 0. The summed E-state index contributed by atoms with van der Waals surface area (Å²) in [5.74, 6) is -0.627. The third-order valence-electron chi connectivity index (χ3n) is 5.32. The lowest BCUT2D eigenvalue weighted by atomic mass is 9.90. The molecule has 0 fully saturated rings. The molecule has 2 aliphatic rings. The first-order valence-corrected chi connectivity index (χ1v) is 10.0. The Morgan fingerprint density at radius 2 is 1.77 bits per heavy atom. The van der Waals surface area contributed by atoms with Gasteiger partial charge in [0.15, 0.2) is 0 Å². The Morgan fingerprint density at radius 3 is 2.42 bits per heavy atom. The minimum atomic E-state index is -1.28. The maximum atomic E-state index is 12.0. The molecule has 0 saturated carbocycles. The first kappa shape index (κ1) is 20.7. The van der Waals surface area contributed by atoms with Crippen LogP contribution >= 0.6 is 0 Å². The number of nitrogens with zero attached hydrogens (tertiary/aromatic N) is 3. The maximum Gasteiger partial charge on any atom is 0.203 e. The summed E-state index contributed by atoms with van der Waals surface area (Å²) >= 11 is 4.74. The Morgan fingerprint density at radius 1 is 1.03 bits per heavy atom. The number of fused-ring (bicyclic) bond motifs is 2. The van der Waals surface area contributed by atoms with E-state index in [1.54, 1.807) is 12.1 Å². The van der Waals surface area contributed by atoms with Crippen molar-refractivity contribution in [1.29, 1.82) is 0 Å². The quantitative estimate of drug-likeness (QED) is 0.367. The molecule has 0 saturated heterocycles. The lowest BCUT2D eigenvalue weighted by Gasteiger charge is -2.20. The minimum absolute atomic E-state index is 0.0354. The van der Waals surface area contributed by atoms with Crippen molar-refractivity contribution in [2.24, 2.45) is 4.36 Å². The van der Waals surface area contributed by atoms with Crippen LogP contribution in [0.15, 0.2) is 63.4 Å². The van der Waals surface area contributed by atoms with E-state index in [4.69, 9.17) is 16.8 Å². The number of hydrogen-bond donors (Lipinski definition) is 0. The molecule has 0 radical (unpaired) electrons. The normalized spacial score (nSPS) is 11.0. The summed E-state index contributed by atoms with van der Waals surface area (Å²) in [6, 6.07) is 16.6. The molecule has 2 aromatic rings. The molecular weight excluding hydrogens is 410 g/mol. The molecule has 0 unspecified atom stereocenters. The number of carboxylic acids is 1. The van der Waals surface area contributed by atoms with E-state index in [0.717, 1.165) is 27.6 Å². The monoisotopic (exact) mass is 431 g/mol. The van der Waals surface area contributed by atoms with Gasteiger partial charge in [-0.2, -0.15) is 4.36 Å². The molecule has 0 atom stereocenters. The molecule has 1 aliphatic carbocycles. The van der Waals surface area contributed by atoms with Gasteiger partial charge < -0.3 is 19.2 Å². The van der Waals surface area contributed by atoms with E-state index < -0.39 is 5.97 Å². The molecule has 7 heteroatoms. The van der Waals surface area contributed by atoms with Crippen molar-refractivity contribution < 1.29 is 14.3 Å². The van der Waals surface area contributed by atoms with Crippen molar-refractivity contribution in [3.63, 3.8) is 0 Å². The van der Waals surface area contributed by atoms with Crippen molar-refractivity contribution in [3.8, 4) is 22.5 Å². The zero-order valence-corrected chi connectivity index (χ0v) is 18.5. The van der Waals surface area contributed by atoms with Crippen LogP contribution in [-0.2, 0) is 12.4 Å². The molecule has 4 rings (SSSR count). The third kappa shape index (κ3) is 3.68. The van der Waals surface area contributed by atoms with E-state index in [2.05, 4.69) is 4.36 Å². The largest absolute Gasteiger partial charge is 0.545 e. The van der Waals surface area contributed by atoms with Crippen molar-refractivity contribution >= 4 is 40.7 Å². The van der Waals surface area contributed by atoms with Crippen LogP contribution in [0.25, 0.3) is 33.4 Å². The molecule has 1 heterocycles. The maximum absolute atomic E-state index is 12.0. The zero-order valence-electron chi connectivity index (χ0n) is 17.7. The Kier molecular flexibility index (Phi) is 5.29. The Bertz CT molecular complexity index is 1380. The second-order valence-corrected chi connectivity index (χ2v) is 7.92. The summed E-state index contributed by atoms with van der Waals surface area (Å²) in [4.78, 5) is 14.0. The van der Waals surface area contributed by atoms with Crippen LogP contribution in [0.1, 0.15) is 10.4 Å². The number of carboxylic acid groups (broad SMARTS) is 1. The van der Waals surface area contributed by atoms with Gasteiger partial charge in [-0.15, -0.1) is 0 Å². The SMILES string of the molecule is CN(C)c1ccc2c(-c3ccc(N=S)cc3C(=O)[O-])c3ccc(=[N+](C)C)cc-3oc2c1. The molecule has 2 aromatic carbocycles. The zero-order chi connectivity index (χ0) is 22.3. The fourth-order valence-electron chi connectivity index (χ4n) is 3.69. The van der Waals surface area contributed by atoms with Gasteiger partial charge in [0.05, 0.1) is 17.7 Å². The third-order valence-corrected chi connectivity index (χ3v) is 5.53. The standard InChI is InChI=1S/C24H21N3O3S/c1-26(2)15-6-9-18-21(12-15)30-22-13-16(27(3)4)7-10-19(22)23(18)17-8-5-14(25-31)11-20(17)24(28)29/h5-13H,1-4H3. The van der Waals surface area contributed by atoms with Gasteiger partial charge in [-0.3, -0.25) is 0 Å². The van der Waals surface area contributed by atoms with Crippen molar-refractivity contribution in [1.82, 2.24) is 4.58 Å². The molecule has 1 aliphatic heterocycles. The fraction of sp³-hybridized carbons (Fsp3) is 0.167. The topological polar surface area (TPSA) is 71.9 Å². The molecular formula is C24H21N3O3S. The fourth-order valence-corrected chi connectivity index (χ4v) is 3.80. The molecule has 0 spiro atoms. The van der Waals surface area contributed by atoms with E-state index in [9.17, 15) is 9.90 Å². The van der Waals surface area contributed by atoms with E-state index in [1.807, 2.05) is 74.1 Å². The highest BCUT2D eigenvalue weighted by Crippen LogP contribution is 2.42. The van der Waals surface area contributed by atoms with Gasteiger partial charge in [0.1, 0.15) is 25.4 Å². The summed E-state index contributed by atoms with van der Waals surface area (Å²) in [5, 5.41) is 13.8. The van der Waals surface area contributed by atoms with Gasteiger partial charge >= 0.3 is 0 Å². The van der Waals surface area contributed by atoms with Gasteiger partial charge in [0.2, 0.25) is 5.36 Å². The second kappa shape index (κ2) is 7.92. The molecule has 6 nitrogen and oxygen atoms in total. The lowest BCUT2D eigenvalue weighted by Crippen LogP contribution is -2.23. The molecule has 0 amide bonds. The first-order valence-electron chi connectivity index (χ1n) is 9.67. The average molecular weight is 432 g/mol. The summed E-state index contributed by atoms with van der Waals surface area (Å²) in [7, 11) is 7.83. The number of carbonyl (C=O) groups is 1. The highest BCUT2D eigenvalue weighted by Gasteiger charge is 2.21. The molecule has 0 aromatic heterocycles. The Balaban J connectivity index is 2.18. The number of carbonyl (C=O) groups excluding carboxylic acids is 1. The minimum Gasteiger partial charge on any atom is -0.545 e. The average Bonchev–Trinajstić information content (AvgIpc) is 2.76. The van der Waals surface area contributed by atoms with Crippen LogP contribution in [0.2, 0.25) is 0 Å². The molecule has 0 N–H and O–H groups in total. The van der Waals surface area contributed by atoms with Crippen LogP contribution in [0.5, 0.6) is 0 Å². The van der Waals surface area contributed by atoms with Gasteiger partial charge in [-0.25, -0.2) is 4.58 Å². The van der Waals surface area contributed by atoms with E-state index in [-0.39, 0.29) is 5.56 Å². The van der Waals surface area contributed by atoms with Crippen molar-refractivity contribution in [3.05, 3.63) is 65.5 Å². The number of benzene rings is 3.